The molecule has 2 heteroatoms. The number of benzene rings is 1. The van der Waals surface area contributed by atoms with Crippen molar-refractivity contribution in [2.24, 2.45) is 0 Å². The maximum atomic E-state index is 9.28. The second kappa shape index (κ2) is 7.55. The normalized spacial score (nSPS) is 14.0. The van der Waals surface area contributed by atoms with E-state index in [4.69, 9.17) is 4.74 Å². The SMILES string of the molecule is CC.OC1=CCCC(OCc2ccccc2)=C1. The van der Waals surface area contributed by atoms with Crippen LogP contribution in [0.4, 0.5) is 0 Å². The molecule has 0 radical (unpaired) electrons. The largest absolute Gasteiger partial charge is 0.508 e. The van der Waals surface area contributed by atoms with E-state index in [2.05, 4.69) is 0 Å². The third kappa shape index (κ3) is 4.77. The fraction of sp³-hybridized carbons (Fsp3) is 0.333. The van der Waals surface area contributed by atoms with Gasteiger partial charge in [0.05, 0.1) is 0 Å². The van der Waals surface area contributed by atoms with Crippen molar-refractivity contribution in [2.75, 3.05) is 0 Å². The first-order valence-corrected chi connectivity index (χ1v) is 6.11. The Hall–Kier alpha value is -1.70. The molecule has 1 aliphatic rings. The summed E-state index contributed by atoms with van der Waals surface area (Å²) in [5.74, 6) is 1.17. The molecule has 0 bridgehead atoms. The monoisotopic (exact) mass is 232 g/mol. The lowest BCUT2D eigenvalue weighted by Gasteiger charge is -2.12. The quantitative estimate of drug-likeness (QED) is 0.839. The maximum absolute atomic E-state index is 9.28. The van der Waals surface area contributed by atoms with E-state index in [9.17, 15) is 5.11 Å². The molecule has 2 rings (SSSR count). The topological polar surface area (TPSA) is 29.5 Å². The number of hydrogen-bond acceptors (Lipinski definition) is 2. The van der Waals surface area contributed by atoms with Gasteiger partial charge in [0.15, 0.2) is 0 Å². The van der Waals surface area contributed by atoms with Gasteiger partial charge >= 0.3 is 0 Å². The summed E-state index contributed by atoms with van der Waals surface area (Å²) in [4.78, 5) is 0. The molecule has 1 aromatic carbocycles. The van der Waals surface area contributed by atoms with Crippen LogP contribution in [0.15, 0.2) is 54.0 Å². The van der Waals surface area contributed by atoms with Crippen LogP contribution in [-0.4, -0.2) is 5.11 Å². The smallest absolute Gasteiger partial charge is 0.114 e. The number of allylic oxidation sites excluding steroid dienone is 3. The van der Waals surface area contributed by atoms with Crippen LogP contribution in [-0.2, 0) is 11.3 Å². The van der Waals surface area contributed by atoms with Crippen molar-refractivity contribution >= 4 is 0 Å². The van der Waals surface area contributed by atoms with Crippen molar-refractivity contribution < 1.29 is 9.84 Å². The summed E-state index contributed by atoms with van der Waals surface area (Å²) in [5.41, 5.74) is 1.15. The van der Waals surface area contributed by atoms with E-state index in [-0.39, 0.29) is 0 Å². The first kappa shape index (κ1) is 13.4. The number of hydrogen-bond donors (Lipinski definition) is 1. The minimum atomic E-state index is 0.310. The van der Waals surface area contributed by atoms with Crippen LogP contribution in [0.1, 0.15) is 32.3 Å². The van der Waals surface area contributed by atoms with Crippen LogP contribution in [0, 0.1) is 0 Å². The van der Waals surface area contributed by atoms with Crippen molar-refractivity contribution in [3.8, 4) is 0 Å². The van der Waals surface area contributed by atoms with E-state index in [0.717, 1.165) is 24.2 Å². The van der Waals surface area contributed by atoms with E-state index in [1.54, 1.807) is 12.2 Å². The molecule has 92 valence electrons. The molecule has 0 saturated heterocycles. The Labute approximate surface area is 103 Å². The zero-order valence-electron chi connectivity index (χ0n) is 10.5. The Balaban J connectivity index is 0.000000686. The molecule has 0 aliphatic heterocycles. The lowest BCUT2D eigenvalue weighted by molar-refractivity contribution is 0.185. The van der Waals surface area contributed by atoms with Gasteiger partial charge in [0.25, 0.3) is 0 Å². The molecule has 0 fully saturated rings. The summed E-state index contributed by atoms with van der Waals surface area (Å²) < 4.78 is 5.60. The number of rotatable bonds is 3. The number of aliphatic hydroxyl groups is 1. The average Bonchev–Trinajstić information content (AvgIpc) is 2.40. The van der Waals surface area contributed by atoms with Crippen LogP contribution in [0.25, 0.3) is 0 Å². The van der Waals surface area contributed by atoms with E-state index in [1.807, 2.05) is 44.2 Å². The van der Waals surface area contributed by atoms with Gasteiger partial charge in [-0.2, -0.15) is 0 Å². The van der Waals surface area contributed by atoms with Gasteiger partial charge in [0.1, 0.15) is 18.1 Å². The van der Waals surface area contributed by atoms with Crippen LogP contribution < -0.4 is 0 Å². The molecule has 0 unspecified atom stereocenters. The number of aliphatic hydroxyl groups excluding tert-OH is 1. The van der Waals surface area contributed by atoms with Crippen molar-refractivity contribution in [1.29, 1.82) is 0 Å². The highest BCUT2D eigenvalue weighted by Crippen LogP contribution is 2.18. The summed E-state index contributed by atoms with van der Waals surface area (Å²) in [6.45, 7) is 4.57. The molecule has 17 heavy (non-hydrogen) atoms. The molecule has 0 amide bonds. The van der Waals surface area contributed by atoms with Crippen molar-refractivity contribution in [2.45, 2.75) is 33.3 Å². The van der Waals surface area contributed by atoms with E-state index >= 15 is 0 Å². The van der Waals surface area contributed by atoms with Gasteiger partial charge in [-0.3, -0.25) is 0 Å². The summed E-state index contributed by atoms with van der Waals surface area (Å²) in [6.07, 6.45) is 5.21. The maximum Gasteiger partial charge on any atom is 0.114 e. The predicted octanol–water partition coefficient (Wildman–Crippen LogP) is 4.35. The highest BCUT2D eigenvalue weighted by molar-refractivity contribution is 5.19. The Morgan fingerprint density at radius 1 is 1.18 bits per heavy atom. The molecule has 1 aromatic rings. The summed E-state index contributed by atoms with van der Waals surface area (Å²) >= 11 is 0. The zero-order chi connectivity index (χ0) is 12.5. The molecule has 0 saturated carbocycles. The van der Waals surface area contributed by atoms with Crippen LogP contribution >= 0.6 is 0 Å². The molecule has 0 heterocycles. The van der Waals surface area contributed by atoms with E-state index in [1.165, 1.54) is 0 Å². The summed E-state index contributed by atoms with van der Waals surface area (Å²) in [7, 11) is 0. The minimum Gasteiger partial charge on any atom is -0.508 e. The minimum absolute atomic E-state index is 0.310. The fourth-order valence-corrected chi connectivity index (χ4v) is 1.52. The molecule has 0 aromatic heterocycles. The van der Waals surface area contributed by atoms with Gasteiger partial charge in [-0.15, -0.1) is 0 Å². The molecule has 1 N–H and O–H groups in total. The molecule has 0 spiro atoms. The van der Waals surface area contributed by atoms with Crippen LogP contribution in [0.3, 0.4) is 0 Å². The van der Waals surface area contributed by atoms with Gasteiger partial charge in [0, 0.05) is 12.5 Å². The lowest BCUT2D eigenvalue weighted by atomic mass is 10.1. The highest BCUT2D eigenvalue weighted by Gasteiger charge is 2.05. The molecule has 2 nitrogen and oxygen atoms in total. The van der Waals surface area contributed by atoms with Gasteiger partial charge in [0.2, 0.25) is 0 Å². The van der Waals surface area contributed by atoms with Crippen LogP contribution in [0.5, 0.6) is 0 Å². The predicted molar refractivity (Wildman–Crippen MR) is 70.6 cm³/mol. The van der Waals surface area contributed by atoms with E-state index < -0.39 is 0 Å². The van der Waals surface area contributed by atoms with Gasteiger partial charge in [-0.1, -0.05) is 44.2 Å². The Kier molecular flexibility index (Phi) is 5.94. The van der Waals surface area contributed by atoms with Gasteiger partial charge < -0.3 is 9.84 Å². The third-order valence-corrected chi connectivity index (χ3v) is 2.32. The van der Waals surface area contributed by atoms with Crippen LogP contribution in [0.2, 0.25) is 0 Å². The Morgan fingerprint density at radius 3 is 2.53 bits per heavy atom. The lowest BCUT2D eigenvalue weighted by Crippen LogP contribution is -1.98. The summed E-state index contributed by atoms with van der Waals surface area (Å²) in [5, 5.41) is 9.28. The summed E-state index contributed by atoms with van der Waals surface area (Å²) in [6, 6.07) is 10.0. The Bertz CT molecular complexity index is 377. The highest BCUT2D eigenvalue weighted by atomic mass is 16.5. The van der Waals surface area contributed by atoms with Gasteiger partial charge in [-0.25, -0.2) is 0 Å². The second-order valence-corrected chi connectivity index (χ2v) is 3.55. The van der Waals surface area contributed by atoms with Crippen molar-refractivity contribution in [3.63, 3.8) is 0 Å². The first-order chi connectivity index (χ1) is 8.34. The Morgan fingerprint density at radius 2 is 1.88 bits per heavy atom. The number of ether oxygens (including phenoxy) is 1. The standard InChI is InChI=1S/C13H14O2.C2H6/c14-12-7-4-8-13(9-12)15-10-11-5-2-1-3-6-11;1-2/h1-3,5-7,9,14H,4,8,10H2;1-2H3. The average molecular weight is 232 g/mol. The molecule has 0 atom stereocenters. The van der Waals surface area contributed by atoms with E-state index in [0.29, 0.717) is 12.4 Å². The first-order valence-electron chi connectivity index (χ1n) is 6.11. The van der Waals surface area contributed by atoms with Crippen molar-refractivity contribution in [1.82, 2.24) is 0 Å². The second-order valence-electron chi connectivity index (χ2n) is 3.55. The molecular formula is C15H20O2. The molecular weight excluding hydrogens is 212 g/mol. The van der Waals surface area contributed by atoms with Crippen molar-refractivity contribution in [3.05, 3.63) is 59.6 Å². The third-order valence-electron chi connectivity index (χ3n) is 2.32. The zero-order valence-corrected chi connectivity index (χ0v) is 10.5. The fourth-order valence-electron chi connectivity index (χ4n) is 1.52. The van der Waals surface area contributed by atoms with Gasteiger partial charge in [-0.05, 0) is 18.1 Å². The molecule has 1 aliphatic carbocycles.